The SMILES string of the molecule is Cc1cccc([C@@H](C)NC(=O)C(F)(F)C(F)F)c1. The van der Waals surface area contributed by atoms with Crippen molar-refractivity contribution < 1.29 is 22.4 Å². The van der Waals surface area contributed by atoms with Gasteiger partial charge >= 0.3 is 12.3 Å². The van der Waals surface area contributed by atoms with Crippen molar-refractivity contribution in [1.82, 2.24) is 5.32 Å². The van der Waals surface area contributed by atoms with Crippen molar-refractivity contribution in [2.45, 2.75) is 32.2 Å². The highest BCUT2D eigenvalue weighted by Crippen LogP contribution is 2.24. The molecule has 1 rings (SSSR count). The first-order valence-electron chi connectivity index (χ1n) is 5.28. The molecule has 0 aliphatic rings. The van der Waals surface area contributed by atoms with Gasteiger partial charge in [0.2, 0.25) is 0 Å². The molecular weight excluding hydrogens is 250 g/mol. The fraction of sp³-hybridized carbons (Fsp3) is 0.417. The van der Waals surface area contributed by atoms with Gasteiger partial charge in [0.05, 0.1) is 6.04 Å². The van der Waals surface area contributed by atoms with Gasteiger partial charge in [-0.25, -0.2) is 8.78 Å². The summed E-state index contributed by atoms with van der Waals surface area (Å²) in [5, 5.41) is 1.88. The fourth-order valence-electron chi connectivity index (χ4n) is 1.41. The van der Waals surface area contributed by atoms with E-state index >= 15 is 0 Å². The van der Waals surface area contributed by atoms with Crippen LogP contribution in [0.3, 0.4) is 0 Å². The minimum Gasteiger partial charge on any atom is -0.344 e. The van der Waals surface area contributed by atoms with Crippen molar-refractivity contribution in [3.63, 3.8) is 0 Å². The van der Waals surface area contributed by atoms with E-state index in [1.807, 2.05) is 5.32 Å². The van der Waals surface area contributed by atoms with Gasteiger partial charge in [0, 0.05) is 0 Å². The first-order chi connectivity index (χ1) is 8.25. The Kier molecular flexibility index (Phi) is 4.32. The molecule has 1 amide bonds. The van der Waals surface area contributed by atoms with Crippen LogP contribution in [0.25, 0.3) is 0 Å². The molecule has 0 saturated carbocycles. The number of carbonyl (C=O) groups excluding carboxylic acids is 1. The van der Waals surface area contributed by atoms with E-state index in [2.05, 4.69) is 0 Å². The van der Waals surface area contributed by atoms with Gasteiger partial charge in [0.25, 0.3) is 5.91 Å². The maximum absolute atomic E-state index is 12.7. The molecule has 0 aliphatic carbocycles. The van der Waals surface area contributed by atoms with Gasteiger partial charge in [-0.2, -0.15) is 8.78 Å². The molecule has 0 unspecified atom stereocenters. The summed E-state index contributed by atoms with van der Waals surface area (Å²) in [5.74, 6) is -6.63. The summed E-state index contributed by atoms with van der Waals surface area (Å²) < 4.78 is 49.4. The minimum atomic E-state index is -4.67. The van der Waals surface area contributed by atoms with E-state index in [1.54, 1.807) is 31.2 Å². The van der Waals surface area contributed by atoms with E-state index in [1.165, 1.54) is 6.92 Å². The smallest absolute Gasteiger partial charge is 0.344 e. The molecular formula is C12H13F4NO. The molecule has 0 radical (unpaired) electrons. The van der Waals surface area contributed by atoms with E-state index in [9.17, 15) is 22.4 Å². The lowest BCUT2D eigenvalue weighted by molar-refractivity contribution is -0.170. The van der Waals surface area contributed by atoms with Crippen LogP contribution < -0.4 is 5.32 Å². The Morgan fingerprint density at radius 1 is 1.33 bits per heavy atom. The molecule has 1 aromatic rings. The molecule has 0 fully saturated rings. The van der Waals surface area contributed by atoms with Gasteiger partial charge in [0.15, 0.2) is 0 Å². The molecule has 18 heavy (non-hydrogen) atoms. The maximum Gasteiger partial charge on any atom is 0.383 e. The van der Waals surface area contributed by atoms with Gasteiger partial charge in [-0.1, -0.05) is 29.8 Å². The lowest BCUT2D eigenvalue weighted by atomic mass is 10.1. The van der Waals surface area contributed by atoms with Gasteiger partial charge in [-0.05, 0) is 19.4 Å². The zero-order valence-electron chi connectivity index (χ0n) is 9.88. The van der Waals surface area contributed by atoms with Gasteiger partial charge < -0.3 is 5.32 Å². The number of alkyl halides is 4. The zero-order valence-corrected chi connectivity index (χ0v) is 9.88. The number of hydrogen-bond acceptors (Lipinski definition) is 1. The molecule has 1 atom stereocenters. The minimum absolute atomic E-state index is 0.577. The second kappa shape index (κ2) is 5.37. The third-order valence-corrected chi connectivity index (χ3v) is 2.47. The van der Waals surface area contributed by atoms with E-state index < -0.39 is 24.3 Å². The van der Waals surface area contributed by atoms with Crippen LogP contribution in [0.15, 0.2) is 24.3 Å². The third kappa shape index (κ3) is 3.21. The van der Waals surface area contributed by atoms with Crippen LogP contribution in [-0.2, 0) is 4.79 Å². The first kappa shape index (κ1) is 14.5. The monoisotopic (exact) mass is 263 g/mol. The van der Waals surface area contributed by atoms with Crippen LogP contribution >= 0.6 is 0 Å². The molecule has 1 aromatic carbocycles. The van der Waals surface area contributed by atoms with Crippen molar-refractivity contribution in [2.75, 3.05) is 0 Å². The molecule has 100 valence electrons. The first-order valence-corrected chi connectivity index (χ1v) is 5.28. The molecule has 2 nitrogen and oxygen atoms in total. The quantitative estimate of drug-likeness (QED) is 0.831. The number of hydrogen-bond donors (Lipinski definition) is 1. The normalized spacial score (nSPS) is 13.5. The largest absolute Gasteiger partial charge is 0.383 e. The van der Waals surface area contributed by atoms with Crippen molar-refractivity contribution in [1.29, 1.82) is 0 Å². The van der Waals surface area contributed by atoms with Crippen LogP contribution in [0.4, 0.5) is 17.6 Å². The number of nitrogens with one attached hydrogen (secondary N) is 1. The summed E-state index contributed by atoms with van der Waals surface area (Å²) in [6, 6.07) is 6.04. The Labute approximate surface area is 102 Å². The van der Waals surface area contributed by atoms with Crippen molar-refractivity contribution >= 4 is 5.91 Å². The molecule has 1 N–H and O–H groups in total. The number of halogens is 4. The highest BCUT2D eigenvalue weighted by Gasteiger charge is 2.49. The summed E-state index contributed by atoms with van der Waals surface area (Å²) in [7, 11) is 0. The lowest BCUT2D eigenvalue weighted by Crippen LogP contribution is -2.45. The van der Waals surface area contributed by atoms with E-state index in [4.69, 9.17) is 0 Å². The highest BCUT2D eigenvalue weighted by atomic mass is 19.3. The Morgan fingerprint density at radius 2 is 1.94 bits per heavy atom. The van der Waals surface area contributed by atoms with Crippen molar-refractivity contribution in [3.8, 4) is 0 Å². The van der Waals surface area contributed by atoms with Gasteiger partial charge in [-0.3, -0.25) is 4.79 Å². The molecule has 0 spiro atoms. The average Bonchev–Trinajstić information content (AvgIpc) is 2.28. The van der Waals surface area contributed by atoms with Crippen LogP contribution in [0.5, 0.6) is 0 Å². The highest BCUT2D eigenvalue weighted by molar-refractivity contribution is 5.84. The van der Waals surface area contributed by atoms with Crippen LogP contribution in [0.1, 0.15) is 24.1 Å². The van der Waals surface area contributed by atoms with E-state index in [-0.39, 0.29) is 0 Å². The number of aryl methyl sites for hydroxylation is 1. The Hall–Kier alpha value is -1.59. The van der Waals surface area contributed by atoms with Crippen molar-refractivity contribution in [2.24, 2.45) is 0 Å². The molecule has 0 aromatic heterocycles. The van der Waals surface area contributed by atoms with Gasteiger partial charge in [0.1, 0.15) is 0 Å². The number of benzene rings is 1. The van der Waals surface area contributed by atoms with Gasteiger partial charge in [-0.15, -0.1) is 0 Å². The summed E-state index contributed by atoms with van der Waals surface area (Å²) in [4.78, 5) is 11.0. The average molecular weight is 263 g/mol. The molecule has 0 heterocycles. The second-order valence-corrected chi connectivity index (χ2v) is 4.03. The summed E-state index contributed by atoms with van der Waals surface area (Å²) >= 11 is 0. The Bertz CT molecular complexity index is 434. The number of carbonyl (C=O) groups is 1. The maximum atomic E-state index is 12.7. The number of rotatable bonds is 4. The van der Waals surface area contributed by atoms with E-state index in [0.29, 0.717) is 5.56 Å². The summed E-state index contributed by atoms with van der Waals surface area (Å²) in [6.45, 7) is 3.25. The topological polar surface area (TPSA) is 29.1 Å². The lowest BCUT2D eigenvalue weighted by Gasteiger charge is -2.19. The van der Waals surface area contributed by atoms with Crippen molar-refractivity contribution in [3.05, 3.63) is 35.4 Å². The van der Waals surface area contributed by atoms with E-state index in [0.717, 1.165) is 5.56 Å². The molecule has 0 saturated heterocycles. The van der Waals surface area contributed by atoms with Crippen LogP contribution in [0, 0.1) is 6.92 Å². The standard InChI is InChI=1S/C12H13F4NO/c1-7-4-3-5-9(6-7)8(2)17-11(18)12(15,16)10(13)14/h3-6,8,10H,1-2H3,(H,17,18)/t8-/m1/s1. The van der Waals surface area contributed by atoms with Crippen LogP contribution in [-0.4, -0.2) is 18.3 Å². The van der Waals surface area contributed by atoms with Crippen LogP contribution in [0.2, 0.25) is 0 Å². The summed E-state index contributed by atoms with van der Waals surface area (Å²) in [5.41, 5.74) is 1.46. The third-order valence-electron chi connectivity index (χ3n) is 2.47. The Morgan fingerprint density at radius 3 is 2.44 bits per heavy atom. The number of amides is 1. The molecule has 6 heteroatoms. The molecule has 0 aliphatic heterocycles. The predicted octanol–water partition coefficient (Wildman–Crippen LogP) is 3.07. The zero-order chi connectivity index (χ0) is 13.9. The predicted molar refractivity (Wildman–Crippen MR) is 58.7 cm³/mol. The Balaban J connectivity index is 2.77. The summed E-state index contributed by atoms with van der Waals surface area (Å²) in [6.07, 6.45) is -4.01. The second-order valence-electron chi connectivity index (χ2n) is 4.03. The molecule has 0 bridgehead atoms. The fourth-order valence-corrected chi connectivity index (χ4v) is 1.41.